The first-order chi connectivity index (χ1) is 14.6. The van der Waals surface area contributed by atoms with Gasteiger partial charge in [0.05, 0.1) is 37.5 Å². The second kappa shape index (κ2) is 10.9. The van der Waals surface area contributed by atoms with Crippen LogP contribution in [-0.4, -0.2) is 65.5 Å². The number of ether oxygens (including phenoxy) is 1. The van der Waals surface area contributed by atoms with Crippen LogP contribution in [0.3, 0.4) is 0 Å². The number of aromatic nitrogens is 3. The Hall–Kier alpha value is -1.96. The van der Waals surface area contributed by atoms with E-state index in [0.717, 1.165) is 37.8 Å². The Kier molecular flexibility index (Phi) is 8.24. The van der Waals surface area contributed by atoms with Crippen molar-refractivity contribution in [1.82, 2.24) is 25.2 Å². The maximum absolute atomic E-state index is 13.1. The molecule has 1 aliphatic heterocycles. The van der Waals surface area contributed by atoms with E-state index >= 15 is 0 Å². The van der Waals surface area contributed by atoms with Gasteiger partial charge in [0.15, 0.2) is 0 Å². The molecule has 2 amide bonds. The summed E-state index contributed by atoms with van der Waals surface area (Å²) in [7, 11) is 0. The van der Waals surface area contributed by atoms with Crippen molar-refractivity contribution in [1.29, 1.82) is 0 Å². The number of morpholine rings is 1. The molecule has 1 saturated carbocycles. The minimum absolute atomic E-state index is 0.0313. The van der Waals surface area contributed by atoms with Crippen molar-refractivity contribution in [2.24, 2.45) is 10.9 Å². The Bertz CT molecular complexity index is 681. The Balaban J connectivity index is 1.83. The summed E-state index contributed by atoms with van der Waals surface area (Å²) < 4.78 is 7.34. The molecular weight excluding hydrogens is 380 g/mol. The predicted octanol–water partition coefficient (Wildman–Crippen LogP) is 3.55. The second-order valence-electron chi connectivity index (χ2n) is 8.85. The maximum atomic E-state index is 13.1. The SMILES string of the molecule is C=NCC(CCCC)n1cc(C(C)(NC(=O)N2CCOCC2)C2CCCCC2)nn1. The fraction of sp³-hybridized carbons (Fsp3) is 0.818. The second-order valence-corrected chi connectivity index (χ2v) is 8.85. The third-order valence-electron chi connectivity index (χ3n) is 6.73. The van der Waals surface area contributed by atoms with Crippen LogP contribution in [0.25, 0.3) is 0 Å². The quantitative estimate of drug-likeness (QED) is 0.622. The zero-order chi connectivity index (χ0) is 21.4. The molecule has 1 aromatic rings. The molecule has 8 heteroatoms. The van der Waals surface area contributed by atoms with Crippen molar-refractivity contribution in [2.75, 3.05) is 32.8 Å². The minimum Gasteiger partial charge on any atom is -0.378 e. The molecule has 1 aliphatic carbocycles. The number of urea groups is 1. The summed E-state index contributed by atoms with van der Waals surface area (Å²) in [6.45, 7) is 11.1. The molecule has 3 rings (SSSR count). The first-order valence-electron chi connectivity index (χ1n) is 11.6. The highest BCUT2D eigenvalue weighted by molar-refractivity contribution is 5.75. The number of rotatable bonds is 9. The molecule has 0 radical (unpaired) electrons. The number of unbranched alkanes of at least 4 members (excludes halogenated alkanes) is 1. The van der Waals surface area contributed by atoms with Gasteiger partial charge < -0.3 is 15.0 Å². The Morgan fingerprint density at radius 2 is 2.10 bits per heavy atom. The number of nitrogens with zero attached hydrogens (tertiary/aromatic N) is 5. The number of hydrogen-bond donors (Lipinski definition) is 1. The van der Waals surface area contributed by atoms with E-state index < -0.39 is 5.54 Å². The molecule has 168 valence electrons. The van der Waals surface area contributed by atoms with E-state index in [4.69, 9.17) is 4.74 Å². The van der Waals surface area contributed by atoms with Crippen LogP contribution in [0, 0.1) is 5.92 Å². The summed E-state index contributed by atoms with van der Waals surface area (Å²) in [6, 6.07) is 0.130. The molecule has 0 spiro atoms. The van der Waals surface area contributed by atoms with Crippen molar-refractivity contribution in [3.63, 3.8) is 0 Å². The van der Waals surface area contributed by atoms with Crippen molar-refractivity contribution < 1.29 is 9.53 Å². The molecule has 2 atom stereocenters. The van der Waals surface area contributed by atoms with Crippen LogP contribution in [0.2, 0.25) is 0 Å². The topological polar surface area (TPSA) is 84.6 Å². The lowest BCUT2D eigenvalue weighted by molar-refractivity contribution is 0.0483. The lowest BCUT2D eigenvalue weighted by Gasteiger charge is -2.41. The number of aliphatic imine (C=N–C) groups is 1. The molecule has 2 aliphatic rings. The molecule has 1 saturated heterocycles. The van der Waals surface area contributed by atoms with Crippen LogP contribution in [0.5, 0.6) is 0 Å². The van der Waals surface area contributed by atoms with Gasteiger partial charge in [0, 0.05) is 13.1 Å². The Morgan fingerprint density at radius 3 is 2.77 bits per heavy atom. The lowest BCUT2D eigenvalue weighted by Crippen LogP contribution is -2.56. The fourth-order valence-corrected chi connectivity index (χ4v) is 4.71. The van der Waals surface area contributed by atoms with Crippen LogP contribution in [0.4, 0.5) is 4.79 Å². The monoisotopic (exact) mass is 418 g/mol. The average molecular weight is 419 g/mol. The van der Waals surface area contributed by atoms with Crippen molar-refractivity contribution in [2.45, 2.75) is 76.8 Å². The molecule has 2 heterocycles. The van der Waals surface area contributed by atoms with E-state index in [1.807, 2.05) is 15.8 Å². The van der Waals surface area contributed by atoms with Gasteiger partial charge in [-0.3, -0.25) is 4.99 Å². The summed E-state index contributed by atoms with van der Waals surface area (Å²) >= 11 is 0. The molecule has 30 heavy (non-hydrogen) atoms. The van der Waals surface area contributed by atoms with E-state index in [1.54, 1.807) is 0 Å². The van der Waals surface area contributed by atoms with E-state index in [0.29, 0.717) is 38.8 Å². The largest absolute Gasteiger partial charge is 0.378 e. The highest BCUT2D eigenvalue weighted by atomic mass is 16.5. The van der Waals surface area contributed by atoms with Gasteiger partial charge in [-0.15, -0.1) is 5.10 Å². The van der Waals surface area contributed by atoms with E-state index in [-0.39, 0.29) is 12.1 Å². The van der Waals surface area contributed by atoms with Crippen molar-refractivity contribution in [3.05, 3.63) is 11.9 Å². The molecule has 2 unspecified atom stereocenters. The molecule has 0 aromatic carbocycles. The fourth-order valence-electron chi connectivity index (χ4n) is 4.71. The third kappa shape index (κ3) is 5.39. The van der Waals surface area contributed by atoms with Crippen LogP contribution in [0.1, 0.15) is 76.9 Å². The first-order valence-corrected chi connectivity index (χ1v) is 11.6. The standard InChI is InChI=1S/C22H38N6O2/c1-4-5-11-19(16-23-3)28-17-20(25-26-28)22(2,18-9-7-6-8-10-18)24-21(29)27-12-14-30-15-13-27/h17-19H,3-16H2,1-2H3,(H,24,29). The zero-order valence-corrected chi connectivity index (χ0v) is 18.7. The highest BCUT2D eigenvalue weighted by Crippen LogP contribution is 2.39. The first kappa shape index (κ1) is 22.7. The van der Waals surface area contributed by atoms with Gasteiger partial charge in [-0.2, -0.15) is 0 Å². The van der Waals surface area contributed by atoms with Gasteiger partial charge in [0.25, 0.3) is 0 Å². The minimum atomic E-state index is -0.537. The number of carbonyl (C=O) groups is 1. The zero-order valence-electron chi connectivity index (χ0n) is 18.7. The van der Waals surface area contributed by atoms with E-state index in [2.05, 4.69) is 41.2 Å². The average Bonchev–Trinajstić information content (AvgIpc) is 3.28. The summed E-state index contributed by atoms with van der Waals surface area (Å²) in [5.74, 6) is 0.355. The van der Waals surface area contributed by atoms with Crippen LogP contribution in [-0.2, 0) is 10.3 Å². The van der Waals surface area contributed by atoms with Crippen LogP contribution in [0.15, 0.2) is 11.2 Å². The van der Waals surface area contributed by atoms with Gasteiger partial charge in [-0.05, 0) is 38.8 Å². The van der Waals surface area contributed by atoms with Gasteiger partial charge in [-0.25, -0.2) is 9.48 Å². The number of carbonyl (C=O) groups excluding carboxylic acids is 1. The summed E-state index contributed by atoms with van der Waals surface area (Å²) in [4.78, 5) is 19.1. The molecule has 1 aromatic heterocycles. The van der Waals surface area contributed by atoms with Gasteiger partial charge >= 0.3 is 6.03 Å². The predicted molar refractivity (Wildman–Crippen MR) is 118 cm³/mol. The third-order valence-corrected chi connectivity index (χ3v) is 6.73. The van der Waals surface area contributed by atoms with Crippen molar-refractivity contribution >= 4 is 12.7 Å². The highest BCUT2D eigenvalue weighted by Gasteiger charge is 2.41. The smallest absolute Gasteiger partial charge is 0.318 e. The summed E-state index contributed by atoms with van der Waals surface area (Å²) in [5.41, 5.74) is 0.312. The molecule has 0 bridgehead atoms. The molecular formula is C22H38N6O2. The normalized spacial score (nSPS) is 21.1. The number of amides is 2. The lowest BCUT2D eigenvalue weighted by atomic mass is 9.74. The molecule has 1 N–H and O–H groups in total. The van der Waals surface area contributed by atoms with E-state index in [1.165, 1.54) is 19.3 Å². The summed E-state index contributed by atoms with van der Waals surface area (Å²) in [5, 5.41) is 12.4. The molecule has 8 nitrogen and oxygen atoms in total. The van der Waals surface area contributed by atoms with Gasteiger partial charge in [0.2, 0.25) is 0 Å². The Labute approximate surface area is 180 Å². The maximum Gasteiger partial charge on any atom is 0.318 e. The number of hydrogen-bond acceptors (Lipinski definition) is 5. The summed E-state index contributed by atoms with van der Waals surface area (Å²) in [6.07, 6.45) is 11.1. The van der Waals surface area contributed by atoms with Crippen molar-refractivity contribution in [3.8, 4) is 0 Å². The Morgan fingerprint density at radius 1 is 1.37 bits per heavy atom. The number of nitrogens with one attached hydrogen (secondary N) is 1. The van der Waals surface area contributed by atoms with Gasteiger partial charge in [0.1, 0.15) is 5.69 Å². The van der Waals surface area contributed by atoms with Gasteiger partial charge in [-0.1, -0.05) is 44.2 Å². The van der Waals surface area contributed by atoms with Crippen LogP contribution < -0.4 is 5.32 Å². The van der Waals surface area contributed by atoms with Crippen LogP contribution >= 0.6 is 0 Å². The molecule has 2 fully saturated rings. The van der Waals surface area contributed by atoms with E-state index in [9.17, 15) is 4.79 Å².